The molecule has 1 N–H and O–H groups in total. The second-order valence-electron chi connectivity index (χ2n) is 2.12. The van der Waals surface area contributed by atoms with Gasteiger partial charge in [-0.1, -0.05) is 22.9 Å². The van der Waals surface area contributed by atoms with E-state index in [4.69, 9.17) is 5.11 Å². The van der Waals surface area contributed by atoms with E-state index in [1.165, 1.54) is 6.42 Å². The Balaban J connectivity index is 2.86. The Labute approximate surface area is 59.2 Å². The third-order valence-electron chi connectivity index (χ3n) is 1.14. The number of halogens is 1. The molecule has 0 aromatic rings. The van der Waals surface area contributed by atoms with Crippen molar-refractivity contribution in [2.75, 3.05) is 11.9 Å². The van der Waals surface area contributed by atoms with Crippen molar-refractivity contribution < 1.29 is 5.11 Å². The number of alkyl halides is 1. The fourth-order valence-electron chi connectivity index (χ4n) is 0.517. The molecule has 0 fully saturated rings. The van der Waals surface area contributed by atoms with Crippen LogP contribution in [-0.4, -0.2) is 17.0 Å². The maximum Gasteiger partial charge on any atom is 0.0456 e. The molecule has 0 aromatic heterocycles. The van der Waals surface area contributed by atoms with Gasteiger partial charge in [0.2, 0.25) is 0 Å². The summed E-state index contributed by atoms with van der Waals surface area (Å²) in [6.45, 7) is 2.38. The van der Waals surface area contributed by atoms with Crippen LogP contribution in [0.5, 0.6) is 0 Å². The summed E-state index contributed by atoms with van der Waals surface area (Å²) in [5, 5.41) is 9.60. The van der Waals surface area contributed by atoms with Gasteiger partial charge in [0.25, 0.3) is 0 Å². The molecule has 50 valence electrons. The lowest BCUT2D eigenvalue weighted by atomic mass is 10.1. The van der Waals surface area contributed by atoms with Gasteiger partial charge in [0, 0.05) is 11.9 Å². The molecule has 1 nitrogen and oxygen atoms in total. The van der Waals surface area contributed by atoms with Gasteiger partial charge in [0.05, 0.1) is 0 Å². The highest BCUT2D eigenvalue weighted by Crippen LogP contribution is 2.04. The van der Waals surface area contributed by atoms with Gasteiger partial charge >= 0.3 is 0 Å². The highest BCUT2D eigenvalue weighted by atomic mass is 79.9. The second kappa shape index (κ2) is 5.57. The summed E-state index contributed by atoms with van der Waals surface area (Å²) >= 11 is 3.33. The van der Waals surface area contributed by atoms with Gasteiger partial charge in [0.15, 0.2) is 0 Å². The van der Waals surface area contributed by atoms with E-state index < -0.39 is 0 Å². The lowest BCUT2D eigenvalue weighted by Gasteiger charge is -2.03. The first kappa shape index (κ1) is 8.44. The highest BCUT2D eigenvalue weighted by molar-refractivity contribution is 9.09. The Morgan fingerprint density at radius 3 is 2.62 bits per heavy atom. The standard InChI is InChI=1S/C6H13BrO/c1-6(5-8)3-2-4-7/h6,8H,2-5H2,1H3. The minimum Gasteiger partial charge on any atom is -0.396 e. The topological polar surface area (TPSA) is 20.2 Å². The Morgan fingerprint density at radius 1 is 1.62 bits per heavy atom. The molecule has 0 aliphatic rings. The van der Waals surface area contributed by atoms with Crippen molar-refractivity contribution in [1.82, 2.24) is 0 Å². The fraction of sp³-hybridized carbons (Fsp3) is 1.00. The molecule has 0 amide bonds. The summed E-state index contributed by atoms with van der Waals surface area (Å²) in [5.74, 6) is 0.479. The van der Waals surface area contributed by atoms with Gasteiger partial charge in [-0.25, -0.2) is 0 Å². The van der Waals surface area contributed by atoms with Crippen LogP contribution < -0.4 is 0 Å². The number of hydrogen-bond acceptors (Lipinski definition) is 1. The van der Waals surface area contributed by atoms with Gasteiger partial charge < -0.3 is 5.11 Å². The Kier molecular flexibility index (Phi) is 5.88. The molecule has 0 aliphatic heterocycles. The molecule has 0 saturated carbocycles. The minimum absolute atomic E-state index is 0.326. The summed E-state index contributed by atoms with van der Waals surface area (Å²) in [4.78, 5) is 0. The van der Waals surface area contributed by atoms with Crippen molar-refractivity contribution in [2.45, 2.75) is 19.8 Å². The zero-order valence-electron chi connectivity index (χ0n) is 5.23. The van der Waals surface area contributed by atoms with E-state index in [-0.39, 0.29) is 0 Å². The fourth-order valence-corrected chi connectivity index (χ4v) is 0.841. The second-order valence-corrected chi connectivity index (χ2v) is 2.91. The molecule has 0 saturated heterocycles. The van der Waals surface area contributed by atoms with Crippen molar-refractivity contribution in [1.29, 1.82) is 0 Å². The summed E-state index contributed by atoms with van der Waals surface area (Å²) < 4.78 is 0. The molecule has 0 heterocycles. The predicted octanol–water partition coefficient (Wildman–Crippen LogP) is 1.79. The van der Waals surface area contributed by atoms with Crippen LogP contribution in [0.2, 0.25) is 0 Å². The average Bonchev–Trinajstić information content (AvgIpc) is 1.83. The third kappa shape index (κ3) is 4.60. The molecular formula is C6H13BrO. The van der Waals surface area contributed by atoms with Crippen LogP contribution in [0.4, 0.5) is 0 Å². The smallest absolute Gasteiger partial charge is 0.0456 e. The number of aliphatic hydroxyl groups excluding tert-OH is 1. The van der Waals surface area contributed by atoms with E-state index in [1.54, 1.807) is 0 Å². The molecular weight excluding hydrogens is 168 g/mol. The molecule has 0 aliphatic carbocycles. The van der Waals surface area contributed by atoms with Crippen LogP contribution in [0, 0.1) is 5.92 Å². The van der Waals surface area contributed by atoms with E-state index in [1.807, 2.05) is 0 Å². The predicted molar refractivity (Wildman–Crippen MR) is 39.3 cm³/mol. The van der Waals surface area contributed by atoms with Gasteiger partial charge in [0.1, 0.15) is 0 Å². The minimum atomic E-state index is 0.326. The number of hydrogen-bond donors (Lipinski definition) is 1. The van der Waals surface area contributed by atoms with E-state index in [2.05, 4.69) is 22.9 Å². The van der Waals surface area contributed by atoms with Crippen LogP contribution in [0.3, 0.4) is 0 Å². The van der Waals surface area contributed by atoms with Crippen molar-refractivity contribution in [3.8, 4) is 0 Å². The lowest BCUT2D eigenvalue weighted by molar-refractivity contribution is 0.230. The zero-order valence-corrected chi connectivity index (χ0v) is 6.82. The Hall–Kier alpha value is 0.440. The van der Waals surface area contributed by atoms with Crippen molar-refractivity contribution in [3.05, 3.63) is 0 Å². The SMILES string of the molecule is CC(CO)CCCBr. The zero-order chi connectivity index (χ0) is 6.41. The first-order valence-corrected chi connectivity index (χ1v) is 4.10. The number of aliphatic hydroxyl groups is 1. The molecule has 0 aromatic carbocycles. The molecule has 0 spiro atoms. The van der Waals surface area contributed by atoms with Crippen LogP contribution in [0.25, 0.3) is 0 Å². The number of rotatable bonds is 4. The summed E-state index contributed by atoms with van der Waals surface area (Å²) in [7, 11) is 0. The molecule has 2 heteroatoms. The Morgan fingerprint density at radius 2 is 2.25 bits per heavy atom. The third-order valence-corrected chi connectivity index (χ3v) is 1.70. The van der Waals surface area contributed by atoms with E-state index in [9.17, 15) is 0 Å². The molecule has 8 heavy (non-hydrogen) atoms. The normalized spacial score (nSPS) is 13.9. The first-order chi connectivity index (χ1) is 3.81. The lowest BCUT2D eigenvalue weighted by Crippen LogP contribution is -1.99. The summed E-state index contributed by atoms with van der Waals surface area (Å²) in [5.41, 5.74) is 0. The van der Waals surface area contributed by atoms with Crippen LogP contribution in [0.1, 0.15) is 19.8 Å². The monoisotopic (exact) mass is 180 g/mol. The van der Waals surface area contributed by atoms with Gasteiger partial charge in [-0.2, -0.15) is 0 Å². The maximum absolute atomic E-state index is 8.55. The van der Waals surface area contributed by atoms with Gasteiger partial charge in [-0.15, -0.1) is 0 Å². The van der Waals surface area contributed by atoms with Crippen molar-refractivity contribution >= 4 is 15.9 Å². The molecule has 0 bridgehead atoms. The maximum atomic E-state index is 8.55. The highest BCUT2D eigenvalue weighted by Gasteiger charge is 1.96. The summed E-state index contributed by atoms with van der Waals surface area (Å²) in [6.07, 6.45) is 2.30. The van der Waals surface area contributed by atoms with Crippen LogP contribution >= 0.6 is 15.9 Å². The molecule has 0 radical (unpaired) electrons. The van der Waals surface area contributed by atoms with E-state index in [0.29, 0.717) is 12.5 Å². The molecule has 0 rings (SSSR count). The van der Waals surface area contributed by atoms with Crippen molar-refractivity contribution in [3.63, 3.8) is 0 Å². The van der Waals surface area contributed by atoms with E-state index >= 15 is 0 Å². The van der Waals surface area contributed by atoms with E-state index in [0.717, 1.165) is 11.8 Å². The average molecular weight is 181 g/mol. The quantitative estimate of drug-likeness (QED) is 0.655. The Bertz CT molecular complexity index is 47.8. The first-order valence-electron chi connectivity index (χ1n) is 2.98. The molecule has 1 unspecified atom stereocenters. The largest absolute Gasteiger partial charge is 0.396 e. The van der Waals surface area contributed by atoms with Crippen LogP contribution in [-0.2, 0) is 0 Å². The van der Waals surface area contributed by atoms with Gasteiger partial charge in [-0.3, -0.25) is 0 Å². The van der Waals surface area contributed by atoms with Gasteiger partial charge in [-0.05, 0) is 18.8 Å². The molecule has 1 atom stereocenters. The summed E-state index contributed by atoms with van der Waals surface area (Å²) in [6, 6.07) is 0. The van der Waals surface area contributed by atoms with Crippen LogP contribution in [0.15, 0.2) is 0 Å². The van der Waals surface area contributed by atoms with Crippen molar-refractivity contribution in [2.24, 2.45) is 5.92 Å².